The fraction of sp³-hybridized carbons (Fsp3) is 0.625. The quantitative estimate of drug-likeness (QED) is 0.709. The van der Waals surface area contributed by atoms with Crippen molar-refractivity contribution in [3.8, 4) is 0 Å². The Balaban J connectivity index is 1.85. The smallest absolute Gasteiger partial charge is 0.00718 e. The van der Waals surface area contributed by atoms with Crippen LogP contribution in [0.4, 0.5) is 0 Å². The second kappa shape index (κ2) is 7.30. The van der Waals surface area contributed by atoms with Gasteiger partial charge in [-0.3, -0.25) is 0 Å². The summed E-state index contributed by atoms with van der Waals surface area (Å²) in [5.41, 5.74) is 1.52. The van der Waals surface area contributed by atoms with E-state index < -0.39 is 0 Å². The summed E-state index contributed by atoms with van der Waals surface area (Å²) < 4.78 is 0. The van der Waals surface area contributed by atoms with Crippen LogP contribution in [0.2, 0.25) is 0 Å². The molecule has 0 amide bonds. The van der Waals surface area contributed by atoms with E-state index in [4.69, 9.17) is 0 Å². The van der Waals surface area contributed by atoms with Gasteiger partial charge < -0.3 is 4.90 Å². The van der Waals surface area contributed by atoms with Crippen molar-refractivity contribution in [1.82, 2.24) is 4.90 Å². The molecule has 1 aliphatic rings. The SMILES string of the molecule is CCCC(CBr)CN1CCC(c2ccccc2)C1. The molecule has 18 heavy (non-hydrogen) atoms. The number of hydrogen-bond acceptors (Lipinski definition) is 1. The van der Waals surface area contributed by atoms with Gasteiger partial charge in [-0.2, -0.15) is 0 Å². The zero-order chi connectivity index (χ0) is 12.8. The van der Waals surface area contributed by atoms with Crippen molar-refractivity contribution in [3.63, 3.8) is 0 Å². The van der Waals surface area contributed by atoms with E-state index in [1.807, 2.05) is 0 Å². The van der Waals surface area contributed by atoms with Crippen molar-refractivity contribution in [2.45, 2.75) is 32.1 Å². The first-order chi connectivity index (χ1) is 8.83. The van der Waals surface area contributed by atoms with Gasteiger partial charge in [0.1, 0.15) is 0 Å². The molecule has 0 bridgehead atoms. The largest absolute Gasteiger partial charge is 0.302 e. The third-order valence-corrected chi connectivity index (χ3v) is 4.89. The van der Waals surface area contributed by atoms with E-state index >= 15 is 0 Å². The average molecular weight is 310 g/mol. The summed E-state index contributed by atoms with van der Waals surface area (Å²) in [5.74, 6) is 1.58. The standard InChI is InChI=1S/C16H24BrN/c1-2-6-14(11-17)12-18-10-9-16(13-18)15-7-4-3-5-8-15/h3-5,7-8,14,16H,2,6,9-13H2,1H3. The molecular weight excluding hydrogens is 286 g/mol. The molecule has 2 unspecified atom stereocenters. The molecule has 1 nitrogen and oxygen atoms in total. The van der Waals surface area contributed by atoms with Gasteiger partial charge in [0.15, 0.2) is 0 Å². The molecule has 1 aromatic rings. The van der Waals surface area contributed by atoms with Crippen molar-refractivity contribution < 1.29 is 0 Å². The third kappa shape index (κ3) is 3.83. The van der Waals surface area contributed by atoms with Gasteiger partial charge in [-0.15, -0.1) is 0 Å². The number of likely N-dealkylation sites (tertiary alicyclic amines) is 1. The summed E-state index contributed by atoms with van der Waals surface area (Å²) in [5, 5.41) is 1.15. The maximum atomic E-state index is 3.66. The number of hydrogen-bond donors (Lipinski definition) is 0. The highest BCUT2D eigenvalue weighted by Gasteiger charge is 2.25. The molecular formula is C16H24BrN. The predicted octanol–water partition coefficient (Wildman–Crippen LogP) is 4.29. The lowest BCUT2D eigenvalue weighted by Gasteiger charge is -2.22. The Labute approximate surface area is 120 Å². The second-order valence-corrected chi connectivity index (χ2v) is 6.11. The van der Waals surface area contributed by atoms with Crippen LogP contribution in [0, 0.1) is 5.92 Å². The number of rotatable bonds is 6. The van der Waals surface area contributed by atoms with Crippen LogP contribution in [-0.4, -0.2) is 29.9 Å². The molecule has 2 rings (SSSR count). The molecule has 0 aliphatic carbocycles. The monoisotopic (exact) mass is 309 g/mol. The zero-order valence-corrected chi connectivity index (χ0v) is 12.9. The molecule has 1 saturated heterocycles. The van der Waals surface area contributed by atoms with Gasteiger partial charge in [0.25, 0.3) is 0 Å². The Hall–Kier alpha value is -0.340. The van der Waals surface area contributed by atoms with Gasteiger partial charge in [0, 0.05) is 18.4 Å². The summed E-state index contributed by atoms with van der Waals surface area (Å²) in [7, 11) is 0. The summed E-state index contributed by atoms with van der Waals surface area (Å²) in [6.45, 7) is 6.07. The maximum absolute atomic E-state index is 3.66. The van der Waals surface area contributed by atoms with E-state index in [1.165, 1.54) is 44.5 Å². The van der Waals surface area contributed by atoms with Crippen LogP contribution in [0.1, 0.15) is 37.7 Å². The minimum Gasteiger partial charge on any atom is -0.302 e. The Morgan fingerprint density at radius 1 is 1.33 bits per heavy atom. The third-order valence-electron chi connectivity index (χ3n) is 3.97. The highest BCUT2D eigenvalue weighted by atomic mass is 79.9. The number of benzene rings is 1. The molecule has 0 N–H and O–H groups in total. The number of nitrogens with zero attached hydrogens (tertiary/aromatic N) is 1. The minimum absolute atomic E-state index is 0.754. The summed E-state index contributed by atoms with van der Waals surface area (Å²) in [6, 6.07) is 11.0. The molecule has 2 atom stereocenters. The molecule has 2 heteroatoms. The van der Waals surface area contributed by atoms with Crippen molar-refractivity contribution >= 4 is 15.9 Å². The Morgan fingerprint density at radius 2 is 2.11 bits per heavy atom. The lowest BCUT2D eigenvalue weighted by molar-refractivity contribution is 0.279. The van der Waals surface area contributed by atoms with Crippen molar-refractivity contribution in [2.24, 2.45) is 5.92 Å². The first-order valence-electron chi connectivity index (χ1n) is 7.16. The topological polar surface area (TPSA) is 3.24 Å². The summed E-state index contributed by atoms with van der Waals surface area (Å²) in [6.07, 6.45) is 3.97. The molecule has 1 aromatic carbocycles. The van der Waals surface area contributed by atoms with Gasteiger partial charge in [0.2, 0.25) is 0 Å². The Bertz CT molecular complexity index is 338. The van der Waals surface area contributed by atoms with Crippen LogP contribution >= 0.6 is 15.9 Å². The normalized spacial score (nSPS) is 22.2. The van der Waals surface area contributed by atoms with Crippen LogP contribution in [-0.2, 0) is 0 Å². The van der Waals surface area contributed by atoms with Crippen LogP contribution < -0.4 is 0 Å². The summed E-state index contributed by atoms with van der Waals surface area (Å²) in [4.78, 5) is 2.65. The van der Waals surface area contributed by atoms with Gasteiger partial charge in [-0.25, -0.2) is 0 Å². The van der Waals surface area contributed by atoms with Crippen LogP contribution in [0.5, 0.6) is 0 Å². The van der Waals surface area contributed by atoms with E-state index in [-0.39, 0.29) is 0 Å². The van der Waals surface area contributed by atoms with E-state index in [0.29, 0.717) is 0 Å². The lowest BCUT2D eigenvalue weighted by atomic mass is 9.99. The van der Waals surface area contributed by atoms with Gasteiger partial charge in [-0.05, 0) is 36.8 Å². The van der Waals surface area contributed by atoms with Gasteiger partial charge in [0.05, 0.1) is 0 Å². The Morgan fingerprint density at radius 3 is 2.78 bits per heavy atom. The van der Waals surface area contributed by atoms with E-state index in [2.05, 4.69) is 58.1 Å². The van der Waals surface area contributed by atoms with Crippen LogP contribution in [0.25, 0.3) is 0 Å². The molecule has 1 heterocycles. The molecule has 0 radical (unpaired) electrons. The first-order valence-corrected chi connectivity index (χ1v) is 8.29. The molecule has 0 saturated carbocycles. The van der Waals surface area contributed by atoms with Crippen molar-refractivity contribution in [1.29, 1.82) is 0 Å². The lowest BCUT2D eigenvalue weighted by Crippen LogP contribution is -2.28. The van der Waals surface area contributed by atoms with Gasteiger partial charge >= 0.3 is 0 Å². The van der Waals surface area contributed by atoms with Crippen LogP contribution in [0.3, 0.4) is 0 Å². The minimum atomic E-state index is 0.754. The molecule has 0 spiro atoms. The molecule has 0 aromatic heterocycles. The zero-order valence-electron chi connectivity index (χ0n) is 11.3. The van der Waals surface area contributed by atoms with Crippen molar-refractivity contribution in [2.75, 3.05) is 25.0 Å². The fourth-order valence-corrected chi connectivity index (χ4v) is 3.51. The molecule has 1 aliphatic heterocycles. The predicted molar refractivity (Wildman–Crippen MR) is 82.4 cm³/mol. The number of alkyl halides is 1. The molecule has 1 fully saturated rings. The Kier molecular flexibility index (Phi) is 5.71. The maximum Gasteiger partial charge on any atom is 0.00718 e. The summed E-state index contributed by atoms with van der Waals surface area (Å²) >= 11 is 3.66. The van der Waals surface area contributed by atoms with Crippen molar-refractivity contribution in [3.05, 3.63) is 35.9 Å². The van der Waals surface area contributed by atoms with Gasteiger partial charge in [-0.1, -0.05) is 59.6 Å². The highest BCUT2D eigenvalue weighted by Crippen LogP contribution is 2.28. The molecule has 100 valence electrons. The van der Waals surface area contributed by atoms with Crippen LogP contribution in [0.15, 0.2) is 30.3 Å². The fourth-order valence-electron chi connectivity index (χ4n) is 2.99. The van der Waals surface area contributed by atoms with E-state index in [9.17, 15) is 0 Å². The van der Waals surface area contributed by atoms with E-state index in [1.54, 1.807) is 0 Å². The first kappa shape index (κ1) is 14.1. The second-order valence-electron chi connectivity index (χ2n) is 5.46. The van der Waals surface area contributed by atoms with E-state index in [0.717, 1.165) is 17.2 Å². The number of halogens is 1. The highest BCUT2D eigenvalue weighted by molar-refractivity contribution is 9.09. The average Bonchev–Trinajstić information content (AvgIpc) is 2.88.